The van der Waals surface area contributed by atoms with Gasteiger partial charge in [-0.3, -0.25) is 14.4 Å². The number of rotatable bonds is 6. The maximum atomic E-state index is 17.7. The molecule has 0 amide bonds. The number of unbranched alkanes of at least 4 members (excludes halogenated alkanes) is 2. The Balaban J connectivity index is 1.61. The van der Waals surface area contributed by atoms with Crippen LogP contribution in [0.3, 0.4) is 0 Å². The van der Waals surface area contributed by atoms with Gasteiger partial charge in [0.1, 0.15) is 6.17 Å². The number of aliphatic hydroxyl groups excluding tert-OH is 1. The van der Waals surface area contributed by atoms with E-state index in [1.165, 1.54) is 12.2 Å². The summed E-state index contributed by atoms with van der Waals surface area (Å²) in [5, 5.41) is 11.2. The van der Waals surface area contributed by atoms with Crippen LogP contribution in [0.2, 0.25) is 0 Å². The monoisotopic (exact) mass is 523 g/mol. The summed E-state index contributed by atoms with van der Waals surface area (Å²) in [4.78, 5) is 31.8. The lowest BCUT2D eigenvalue weighted by molar-refractivity contribution is -0.230. The van der Waals surface area contributed by atoms with Crippen LogP contribution in [0.1, 0.15) is 72.6 Å². The number of halogens is 2. The third-order valence-electron chi connectivity index (χ3n) is 10.8. The normalized spacial score (nSPS) is 48.3. The highest BCUT2D eigenvalue weighted by Crippen LogP contribution is 2.72. The van der Waals surface area contributed by atoms with Crippen LogP contribution in [0.15, 0.2) is 23.3 Å². The molecule has 0 spiro atoms. The van der Waals surface area contributed by atoms with Gasteiger partial charge in [-0.2, -0.15) is 0 Å². The van der Waals surface area contributed by atoms with E-state index in [2.05, 4.69) is 25.0 Å². The molecule has 36 heavy (non-hydrogen) atoms. The predicted octanol–water partition coefficient (Wildman–Crippen LogP) is 4.85. The first-order chi connectivity index (χ1) is 16.9. The van der Waals surface area contributed by atoms with Gasteiger partial charge < -0.3 is 5.11 Å². The maximum Gasteiger partial charge on any atom is 0.220 e. The minimum Gasteiger partial charge on any atom is -0.390 e. The van der Waals surface area contributed by atoms with Crippen LogP contribution >= 0.6 is 12.6 Å². The molecule has 1 saturated heterocycles. The SMILES string of the molecule is CCCCCC(C)C1=C2C(F)CC3C4CC5CNOC5(C(=O)S)C4(C)CC(O)C3(F)C2(C)C=CC1=O. The Morgan fingerprint density at radius 2 is 2.03 bits per heavy atom. The van der Waals surface area contributed by atoms with Gasteiger partial charge in [0.05, 0.1) is 6.10 Å². The Kier molecular flexibility index (Phi) is 6.42. The van der Waals surface area contributed by atoms with Gasteiger partial charge in [0, 0.05) is 34.8 Å². The zero-order valence-corrected chi connectivity index (χ0v) is 22.5. The Morgan fingerprint density at radius 1 is 1.31 bits per heavy atom. The Hall–Kier alpha value is -1.09. The molecular weight excluding hydrogens is 484 g/mol. The molecule has 0 aromatic rings. The van der Waals surface area contributed by atoms with Gasteiger partial charge in [0.15, 0.2) is 17.1 Å². The molecule has 0 radical (unpaired) electrons. The number of carbonyl (C=O) groups is 2. The average Bonchev–Trinajstić information content (AvgIpc) is 3.34. The summed E-state index contributed by atoms with van der Waals surface area (Å²) < 4.78 is 34.0. The predicted molar refractivity (Wildman–Crippen MR) is 136 cm³/mol. The minimum atomic E-state index is -2.17. The smallest absolute Gasteiger partial charge is 0.220 e. The van der Waals surface area contributed by atoms with Crippen molar-refractivity contribution in [2.75, 3.05) is 6.54 Å². The first kappa shape index (κ1) is 26.5. The van der Waals surface area contributed by atoms with E-state index in [4.69, 9.17) is 4.84 Å². The lowest BCUT2D eigenvalue weighted by Crippen LogP contribution is -2.70. The molecule has 1 aliphatic heterocycles. The lowest BCUT2D eigenvalue weighted by atomic mass is 9.44. The average molecular weight is 524 g/mol. The highest BCUT2D eigenvalue weighted by molar-refractivity contribution is 7.96. The van der Waals surface area contributed by atoms with Crippen LogP contribution < -0.4 is 5.48 Å². The molecule has 4 aliphatic carbocycles. The molecule has 5 aliphatic rings. The summed E-state index contributed by atoms with van der Waals surface area (Å²) in [5.41, 5.74) is -2.38. The molecule has 10 atom stereocenters. The molecule has 1 heterocycles. The number of hydrogen-bond donors (Lipinski definition) is 3. The molecule has 200 valence electrons. The van der Waals surface area contributed by atoms with Crippen LogP contribution in [-0.2, 0) is 14.4 Å². The van der Waals surface area contributed by atoms with Gasteiger partial charge in [-0.15, -0.1) is 12.6 Å². The minimum absolute atomic E-state index is 0.00184. The molecule has 5 nitrogen and oxygen atoms in total. The maximum absolute atomic E-state index is 17.7. The standard InChI is InChI=1S/C28H39F2NO4S/c1-5-6-7-8-15(2)22-20(32)9-10-25(3)23(22)19(29)12-18-17-11-16-14-31-35-28(16,24(34)36)26(17,4)13-21(33)27(18,25)30/h9-10,15-19,21,31,33H,5-8,11-14H2,1-4H3,(H,34,36). The van der Waals surface area contributed by atoms with E-state index in [-0.39, 0.29) is 42.0 Å². The van der Waals surface area contributed by atoms with Crippen molar-refractivity contribution in [1.82, 2.24) is 5.48 Å². The van der Waals surface area contributed by atoms with Crippen molar-refractivity contribution in [3.63, 3.8) is 0 Å². The van der Waals surface area contributed by atoms with Gasteiger partial charge in [0.25, 0.3) is 0 Å². The second-order valence-corrected chi connectivity index (χ2v) is 12.8. The fourth-order valence-corrected chi connectivity index (χ4v) is 9.53. The first-order valence-corrected chi connectivity index (χ1v) is 14.0. The molecule has 3 saturated carbocycles. The molecule has 0 aromatic carbocycles. The second-order valence-electron chi connectivity index (χ2n) is 12.4. The second kappa shape index (κ2) is 8.72. The number of hydroxylamine groups is 1. The highest BCUT2D eigenvalue weighted by atomic mass is 32.1. The molecule has 5 rings (SSSR count). The number of hydrogen-bond acceptors (Lipinski definition) is 5. The van der Waals surface area contributed by atoms with Crippen LogP contribution in [0.5, 0.6) is 0 Å². The van der Waals surface area contributed by atoms with Gasteiger partial charge >= 0.3 is 0 Å². The zero-order valence-electron chi connectivity index (χ0n) is 21.7. The van der Waals surface area contributed by atoms with Crippen LogP contribution in [0, 0.1) is 34.5 Å². The number of allylic oxidation sites excluding steroid dienone is 4. The van der Waals surface area contributed by atoms with E-state index in [0.717, 1.165) is 25.7 Å². The summed E-state index contributed by atoms with van der Waals surface area (Å²) in [7, 11) is 0. The van der Waals surface area contributed by atoms with Crippen molar-refractivity contribution in [3.8, 4) is 0 Å². The zero-order chi connectivity index (χ0) is 26.3. The number of carbonyl (C=O) groups excluding carboxylic acids is 2. The summed E-state index contributed by atoms with van der Waals surface area (Å²) in [6.45, 7) is 7.98. The Morgan fingerprint density at radius 3 is 2.69 bits per heavy atom. The molecule has 8 heteroatoms. The van der Waals surface area contributed by atoms with Crippen LogP contribution in [-0.4, -0.2) is 46.1 Å². The van der Waals surface area contributed by atoms with E-state index < -0.39 is 45.4 Å². The fraction of sp³-hybridized carbons (Fsp3) is 0.786. The number of aliphatic hydroxyl groups is 1. The first-order valence-electron chi connectivity index (χ1n) is 13.5. The number of alkyl halides is 2. The summed E-state index contributed by atoms with van der Waals surface area (Å²) in [6, 6.07) is 0. The summed E-state index contributed by atoms with van der Waals surface area (Å²) >= 11 is 4.18. The van der Waals surface area contributed by atoms with Gasteiger partial charge in [-0.1, -0.05) is 46.1 Å². The van der Waals surface area contributed by atoms with Crippen molar-refractivity contribution in [3.05, 3.63) is 23.3 Å². The van der Waals surface area contributed by atoms with Gasteiger partial charge in [-0.25, -0.2) is 14.3 Å². The summed E-state index contributed by atoms with van der Waals surface area (Å²) in [5.74, 6) is -1.87. The molecular formula is C28H39F2NO4S. The van der Waals surface area contributed by atoms with Crippen LogP contribution in [0.4, 0.5) is 8.78 Å². The largest absolute Gasteiger partial charge is 0.390 e. The highest BCUT2D eigenvalue weighted by Gasteiger charge is 2.79. The number of nitrogens with one attached hydrogen (secondary N) is 1. The lowest BCUT2D eigenvalue weighted by Gasteiger charge is -2.63. The van der Waals surface area contributed by atoms with E-state index in [9.17, 15) is 14.7 Å². The van der Waals surface area contributed by atoms with Gasteiger partial charge in [-0.05, 0) is 56.1 Å². The molecule has 10 unspecified atom stereocenters. The van der Waals surface area contributed by atoms with Crippen LogP contribution in [0.25, 0.3) is 0 Å². The topological polar surface area (TPSA) is 75.6 Å². The van der Waals surface area contributed by atoms with E-state index in [0.29, 0.717) is 18.5 Å². The Labute approximate surface area is 217 Å². The van der Waals surface area contributed by atoms with Crippen molar-refractivity contribution in [2.24, 2.45) is 34.5 Å². The van der Waals surface area contributed by atoms with Crippen molar-refractivity contribution >= 4 is 23.5 Å². The van der Waals surface area contributed by atoms with E-state index in [1.54, 1.807) is 6.92 Å². The number of ketones is 1. The van der Waals surface area contributed by atoms with Gasteiger partial charge in [0.2, 0.25) is 5.12 Å². The molecule has 2 N–H and O–H groups in total. The Bertz CT molecular complexity index is 1030. The summed E-state index contributed by atoms with van der Waals surface area (Å²) in [6.07, 6.45) is 4.01. The fourth-order valence-electron chi connectivity index (χ4n) is 9.04. The molecule has 0 bridgehead atoms. The molecule has 4 fully saturated rings. The van der Waals surface area contributed by atoms with E-state index in [1.807, 2.05) is 13.8 Å². The third-order valence-corrected chi connectivity index (χ3v) is 11.1. The molecule has 0 aromatic heterocycles. The third kappa shape index (κ3) is 3.10. The van der Waals surface area contributed by atoms with Crippen molar-refractivity contribution in [1.29, 1.82) is 0 Å². The van der Waals surface area contributed by atoms with Crippen molar-refractivity contribution < 1.29 is 28.3 Å². The van der Waals surface area contributed by atoms with E-state index >= 15 is 8.78 Å². The number of thiol groups is 1. The number of fused-ring (bicyclic) bond motifs is 7. The van der Waals surface area contributed by atoms with Crippen molar-refractivity contribution in [2.45, 2.75) is 96.2 Å². The quantitative estimate of drug-likeness (QED) is 0.343.